The van der Waals surface area contributed by atoms with Crippen LogP contribution in [0, 0.1) is 0 Å². The van der Waals surface area contributed by atoms with Crippen molar-refractivity contribution in [2.75, 3.05) is 24.4 Å². The number of carbonyl (C=O) groups excluding carboxylic acids is 3. The standard InChI is InChI=1S/C26H23ClN4O4/c1-35-21-10-8-20(9-11-21)29-24(32)23-16-18-15-19(27)7-12-22(18)31(23)30-26(34)25(33)28-14-13-17-5-3-2-4-6-17/h2-12,15-16H,13-14H2,1H3,(H,28,33)(H,29,32)(H,30,34). The maximum Gasteiger partial charge on any atom is 0.328 e. The lowest BCUT2D eigenvalue weighted by atomic mass is 10.1. The molecule has 3 amide bonds. The number of benzene rings is 3. The van der Waals surface area contributed by atoms with Gasteiger partial charge < -0.3 is 15.4 Å². The fraction of sp³-hybridized carbons (Fsp3) is 0.115. The monoisotopic (exact) mass is 490 g/mol. The van der Waals surface area contributed by atoms with Crippen molar-refractivity contribution in [3.05, 3.63) is 95.1 Å². The van der Waals surface area contributed by atoms with Gasteiger partial charge in [0.25, 0.3) is 5.91 Å². The number of carbonyl (C=O) groups is 3. The number of halogens is 1. The first-order valence-electron chi connectivity index (χ1n) is 10.8. The molecule has 1 heterocycles. The molecule has 4 aromatic rings. The molecule has 0 atom stereocenters. The lowest BCUT2D eigenvalue weighted by molar-refractivity contribution is -0.136. The second kappa shape index (κ2) is 10.8. The van der Waals surface area contributed by atoms with Crippen molar-refractivity contribution in [3.63, 3.8) is 0 Å². The van der Waals surface area contributed by atoms with Crippen LogP contribution in [-0.2, 0) is 16.0 Å². The number of aromatic nitrogens is 1. The van der Waals surface area contributed by atoms with Gasteiger partial charge in [-0.25, -0.2) is 4.68 Å². The molecule has 0 unspecified atom stereocenters. The molecule has 0 saturated carbocycles. The minimum Gasteiger partial charge on any atom is -0.497 e. The molecule has 9 heteroatoms. The Morgan fingerprint density at radius 2 is 1.66 bits per heavy atom. The summed E-state index contributed by atoms with van der Waals surface area (Å²) >= 11 is 6.11. The first-order chi connectivity index (χ1) is 16.9. The van der Waals surface area contributed by atoms with Crippen molar-refractivity contribution < 1.29 is 19.1 Å². The van der Waals surface area contributed by atoms with E-state index < -0.39 is 17.7 Å². The Kier molecular flexibility index (Phi) is 7.32. The van der Waals surface area contributed by atoms with E-state index >= 15 is 0 Å². The van der Waals surface area contributed by atoms with Crippen molar-refractivity contribution in [2.24, 2.45) is 0 Å². The maximum absolute atomic E-state index is 13.1. The zero-order valence-corrected chi connectivity index (χ0v) is 19.6. The predicted octanol–water partition coefficient (Wildman–Crippen LogP) is 3.98. The number of nitrogens with zero attached hydrogens (tertiary/aromatic N) is 1. The molecular formula is C26H23ClN4O4. The number of anilines is 1. The second-order valence-corrected chi connectivity index (χ2v) is 8.12. The summed E-state index contributed by atoms with van der Waals surface area (Å²) in [7, 11) is 1.55. The zero-order valence-electron chi connectivity index (χ0n) is 18.9. The first-order valence-corrected chi connectivity index (χ1v) is 11.2. The van der Waals surface area contributed by atoms with E-state index in [0.29, 0.717) is 40.3 Å². The quantitative estimate of drug-likeness (QED) is 0.341. The van der Waals surface area contributed by atoms with E-state index in [1.807, 2.05) is 30.3 Å². The molecule has 0 aliphatic carbocycles. The molecule has 0 spiro atoms. The van der Waals surface area contributed by atoms with Crippen LogP contribution in [0.1, 0.15) is 16.1 Å². The summed E-state index contributed by atoms with van der Waals surface area (Å²) in [6, 6.07) is 23.0. The van der Waals surface area contributed by atoms with Crippen molar-refractivity contribution in [1.82, 2.24) is 9.99 Å². The summed E-state index contributed by atoms with van der Waals surface area (Å²) in [5, 5.41) is 6.48. The number of methoxy groups -OCH3 is 1. The number of nitrogens with one attached hydrogen (secondary N) is 3. The van der Waals surface area contributed by atoms with Crippen LogP contribution in [0.25, 0.3) is 10.9 Å². The van der Waals surface area contributed by atoms with E-state index in [9.17, 15) is 14.4 Å². The van der Waals surface area contributed by atoms with Gasteiger partial charge in [0.2, 0.25) is 0 Å². The minimum absolute atomic E-state index is 0.128. The van der Waals surface area contributed by atoms with E-state index in [1.54, 1.807) is 55.6 Å². The Hall–Kier alpha value is -4.30. The minimum atomic E-state index is -0.899. The Morgan fingerprint density at radius 1 is 0.914 bits per heavy atom. The summed E-state index contributed by atoms with van der Waals surface area (Å²) in [6.45, 7) is 0.295. The van der Waals surface area contributed by atoms with Gasteiger partial charge in [-0.05, 0) is 60.5 Å². The molecule has 0 aliphatic heterocycles. The molecule has 0 fully saturated rings. The number of hydrogen-bond donors (Lipinski definition) is 3. The van der Waals surface area contributed by atoms with Crippen molar-refractivity contribution in [3.8, 4) is 5.75 Å². The second-order valence-electron chi connectivity index (χ2n) is 7.68. The van der Waals surface area contributed by atoms with Gasteiger partial charge in [0.15, 0.2) is 0 Å². The molecular weight excluding hydrogens is 468 g/mol. The van der Waals surface area contributed by atoms with Crippen LogP contribution in [0.5, 0.6) is 5.75 Å². The molecule has 35 heavy (non-hydrogen) atoms. The van der Waals surface area contributed by atoms with Gasteiger partial charge >= 0.3 is 11.8 Å². The normalized spacial score (nSPS) is 10.6. The highest BCUT2D eigenvalue weighted by Gasteiger charge is 2.21. The molecule has 0 bridgehead atoms. The van der Waals surface area contributed by atoms with Gasteiger partial charge in [0, 0.05) is 22.6 Å². The molecule has 4 rings (SSSR count). The zero-order chi connectivity index (χ0) is 24.8. The largest absolute Gasteiger partial charge is 0.497 e. The first kappa shape index (κ1) is 23.8. The van der Waals surface area contributed by atoms with Crippen LogP contribution in [0.15, 0.2) is 78.9 Å². The van der Waals surface area contributed by atoms with Crippen LogP contribution in [0.4, 0.5) is 5.69 Å². The van der Waals surface area contributed by atoms with E-state index in [0.717, 1.165) is 5.56 Å². The molecule has 0 radical (unpaired) electrons. The Morgan fingerprint density at radius 3 is 2.37 bits per heavy atom. The van der Waals surface area contributed by atoms with E-state index in [-0.39, 0.29) is 5.69 Å². The third kappa shape index (κ3) is 5.80. The molecule has 0 saturated heterocycles. The van der Waals surface area contributed by atoms with Crippen LogP contribution in [0.3, 0.4) is 0 Å². The van der Waals surface area contributed by atoms with Crippen molar-refractivity contribution in [2.45, 2.75) is 6.42 Å². The van der Waals surface area contributed by atoms with Crippen LogP contribution in [-0.4, -0.2) is 36.1 Å². The average molecular weight is 491 g/mol. The summed E-state index contributed by atoms with van der Waals surface area (Å²) in [5.41, 5.74) is 4.75. The van der Waals surface area contributed by atoms with E-state index in [2.05, 4.69) is 16.1 Å². The molecule has 8 nitrogen and oxygen atoms in total. The topological polar surface area (TPSA) is 101 Å². The van der Waals surface area contributed by atoms with E-state index in [1.165, 1.54) is 4.68 Å². The summed E-state index contributed by atoms with van der Waals surface area (Å²) in [5.74, 6) is -1.54. The van der Waals surface area contributed by atoms with E-state index in [4.69, 9.17) is 16.3 Å². The smallest absolute Gasteiger partial charge is 0.328 e. The Labute approximate surface area is 206 Å². The highest BCUT2D eigenvalue weighted by molar-refractivity contribution is 6.38. The van der Waals surface area contributed by atoms with Gasteiger partial charge in [0.05, 0.1) is 12.6 Å². The van der Waals surface area contributed by atoms with Gasteiger partial charge in [0.1, 0.15) is 11.4 Å². The molecule has 3 N–H and O–H groups in total. The van der Waals surface area contributed by atoms with Gasteiger partial charge in [-0.1, -0.05) is 41.9 Å². The highest BCUT2D eigenvalue weighted by Crippen LogP contribution is 2.24. The van der Waals surface area contributed by atoms with Crippen LogP contribution >= 0.6 is 11.6 Å². The van der Waals surface area contributed by atoms with Gasteiger partial charge in [-0.2, -0.15) is 0 Å². The Balaban J connectivity index is 1.51. The predicted molar refractivity (Wildman–Crippen MR) is 135 cm³/mol. The Bertz CT molecular complexity index is 1370. The lowest BCUT2D eigenvalue weighted by Gasteiger charge is -2.13. The van der Waals surface area contributed by atoms with Crippen LogP contribution < -0.4 is 20.8 Å². The summed E-state index contributed by atoms with van der Waals surface area (Å²) < 4.78 is 6.41. The van der Waals surface area contributed by atoms with Gasteiger partial charge in [-0.15, -0.1) is 0 Å². The third-order valence-corrected chi connectivity index (χ3v) is 5.54. The van der Waals surface area contributed by atoms with Crippen molar-refractivity contribution in [1.29, 1.82) is 0 Å². The number of hydrogen-bond acceptors (Lipinski definition) is 4. The SMILES string of the molecule is COc1ccc(NC(=O)c2cc3cc(Cl)ccc3n2NC(=O)C(=O)NCCc2ccccc2)cc1. The molecule has 178 valence electrons. The van der Waals surface area contributed by atoms with Gasteiger partial charge in [-0.3, -0.25) is 19.8 Å². The number of ether oxygens (including phenoxy) is 1. The lowest BCUT2D eigenvalue weighted by Crippen LogP contribution is -2.40. The third-order valence-electron chi connectivity index (χ3n) is 5.31. The fourth-order valence-corrected chi connectivity index (χ4v) is 3.72. The maximum atomic E-state index is 13.1. The fourth-order valence-electron chi connectivity index (χ4n) is 3.54. The van der Waals surface area contributed by atoms with Crippen LogP contribution in [0.2, 0.25) is 5.02 Å². The molecule has 1 aromatic heterocycles. The average Bonchev–Trinajstić information content (AvgIpc) is 3.22. The number of amides is 3. The number of rotatable bonds is 7. The number of fused-ring (bicyclic) bond motifs is 1. The molecule has 0 aliphatic rings. The highest BCUT2D eigenvalue weighted by atomic mass is 35.5. The summed E-state index contributed by atoms with van der Waals surface area (Å²) in [4.78, 5) is 38.1. The summed E-state index contributed by atoms with van der Waals surface area (Å²) in [6.07, 6.45) is 0.584. The molecule has 3 aromatic carbocycles. The van der Waals surface area contributed by atoms with Crippen molar-refractivity contribution >= 4 is 45.9 Å².